The number of rotatable bonds is 4. The Hall–Kier alpha value is -1.06. The predicted octanol–water partition coefficient (Wildman–Crippen LogP) is 2.16. The second-order valence-electron chi connectivity index (χ2n) is 5.07. The summed E-state index contributed by atoms with van der Waals surface area (Å²) in [6, 6.07) is 0. The summed E-state index contributed by atoms with van der Waals surface area (Å²) in [4.78, 5) is 23.1. The molecule has 0 aliphatic carbocycles. The highest BCUT2D eigenvalue weighted by Gasteiger charge is 2.34. The number of carbonyl (C=O) groups is 2. The maximum Gasteiger partial charge on any atom is 0.309 e. The van der Waals surface area contributed by atoms with Gasteiger partial charge in [0.2, 0.25) is 0 Å². The molecule has 0 spiro atoms. The van der Waals surface area contributed by atoms with Gasteiger partial charge in [-0.3, -0.25) is 9.59 Å². The smallest absolute Gasteiger partial charge is 0.309 e. The van der Waals surface area contributed by atoms with Crippen LogP contribution in [-0.2, 0) is 19.1 Å². The van der Waals surface area contributed by atoms with E-state index in [1.165, 1.54) is 0 Å². The molecule has 1 heterocycles. The average molecular weight is 242 g/mol. The normalized spacial score (nSPS) is 24.1. The van der Waals surface area contributed by atoms with Gasteiger partial charge in [-0.15, -0.1) is 0 Å². The minimum Gasteiger partial charge on any atom is -0.465 e. The highest BCUT2D eigenvalue weighted by atomic mass is 16.5. The van der Waals surface area contributed by atoms with Crippen molar-refractivity contribution in [1.29, 1.82) is 0 Å². The quantitative estimate of drug-likeness (QED) is 0.709. The van der Waals surface area contributed by atoms with Crippen LogP contribution in [-0.4, -0.2) is 24.6 Å². The van der Waals surface area contributed by atoms with Crippen LogP contribution in [0.3, 0.4) is 0 Å². The van der Waals surface area contributed by atoms with Crippen LogP contribution in [0, 0.1) is 17.8 Å². The first-order valence-electron chi connectivity index (χ1n) is 6.30. The topological polar surface area (TPSA) is 52.6 Å². The van der Waals surface area contributed by atoms with E-state index in [1.54, 1.807) is 13.8 Å². The number of carbonyl (C=O) groups excluding carboxylic acids is 2. The largest absolute Gasteiger partial charge is 0.465 e. The lowest BCUT2D eigenvalue weighted by molar-refractivity contribution is -0.164. The number of esters is 2. The molecule has 0 radical (unpaired) electrons. The van der Waals surface area contributed by atoms with Gasteiger partial charge < -0.3 is 9.47 Å². The first-order chi connectivity index (χ1) is 7.93. The summed E-state index contributed by atoms with van der Waals surface area (Å²) >= 11 is 0. The van der Waals surface area contributed by atoms with Crippen molar-refractivity contribution in [2.24, 2.45) is 17.8 Å². The molecule has 0 bridgehead atoms. The molecule has 1 aliphatic rings. The van der Waals surface area contributed by atoms with Gasteiger partial charge in [-0.2, -0.15) is 0 Å². The predicted molar refractivity (Wildman–Crippen MR) is 63.2 cm³/mol. The molecule has 98 valence electrons. The van der Waals surface area contributed by atoms with Crippen molar-refractivity contribution in [3.63, 3.8) is 0 Å². The van der Waals surface area contributed by atoms with Gasteiger partial charge in [-0.05, 0) is 19.8 Å². The van der Waals surface area contributed by atoms with Crippen molar-refractivity contribution in [2.45, 2.75) is 46.6 Å². The highest BCUT2D eigenvalue weighted by molar-refractivity contribution is 5.74. The molecule has 0 aromatic heterocycles. The van der Waals surface area contributed by atoms with Crippen LogP contribution in [0.2, 0.25) is 0 Å². The standard InChI is InChI=1S/C13H22O4/c1-8(2)12(14)17-10(4)9(3)11-6-5-7-16-13(11)15/h8-11H,5-7H2,1-4H3. The Morgan fingerprint density at radius 1 is 1.35 bits per heavy atom. The van der Waals surface area contributed by atoms with Crippen LogP contribution in [0.4, 0.5) is 0 Å². The Morgan fingerprint density at radius 2 is 2.00 bits per heavy atom. The summed E-state index contributed by atoms with van der Waals surface area (Å²) < 4.78 is 10.4. The second kappa shape index (κ2) is 6.03. The van der Waals surface area contributed by atoms with Gasteiger partial charge in [0.15, 0.2) is 0 Å². The van der Waals surface area contributed by atoms with Crippen LogP contribution < -0.4 is 0 Å². The molecule has 0 aromatic rings. The molecule has 0 aromatic carbocycles. The van der Waals surface area contributed by atoms with Crippen molar-refractivity contribution in [1.82, 2.24) is 0 Å². The SMILES string of the molecule is CC(C)C(=O)OC(C)C(C)C1CCCOC1=O. The zero-order valence-corrected chi connectivity index (χ0v) is 11.1. The van der Waals surface area contributed by atoms with E-state index in [0.717, 1.165) is 12.8 Å². The lowest BCUT2D eigenvalue weighted by Crippen LogP contribution is -2.36. The molecule has 3 atom stereocenters. The first-order valence-corrected chi connectivity index (χ1v) is 6.30. The fraction of sp³-hybridized carbons (Fsp3) is 0.846. The van der Waals surface area contributed by atoms with Crippen molar-refractivity contribution in [3.05, 3.63) is 0 Å². The molecule has 3 unspecified atom stereocenters. The monoisotopic (exact) mass is 242 g/mol. The van der Waals surface area contributed by atoms with E-state index in [2.05, 4.69) is 0 Å². The van der Waals surface area contributed by atoms with Gasteiger partial charge in [0.25, 0.3) is 0 Å². The van der Waals surface area contributed by atoms with E-state index in [9.17, 15) is 9.59 Å². The molecule has 1 fully saturated rings. The Labute approximate surface area is 103 Å². The van der Waals surface area contributed by atoms with E-state index in [4.69, 9.17) is 9.47 Å². The molecule has 17 heavy (non-hydrogen) atoms. The van der Waals surface area contributed by atoms with Crippen LogP contribution in [0.1, 0.15) is 40.5 Å². The number of ether oxygens (including phenoxy) is 2. The van der Waals surface area contributed by atoms with Crippen LogP contribution in [0.5, 0.6) is 0 Å². The molecule has 0 N–H and O–H groups in total. The molecule has 0 amide bonds. The summed E-state index contributed by atoms with van der Waals surface area (Å²) in [6.07, 6.45) is 1.47. The van der Waals surface area contributed by atoms with E-state index < -0.39 is 0 Å². The third kappa shape index (κ3) is 3.72. The van der Waals surface area contributed by atoms with Gasteiger partial charge in [-0.1, -0.05) is 20.8 Å². The molecular weight excluding hydrogens is 220 g/mol. The number of cyclic esters (lactones) is 1. The van der Waals surface area contributed by atoms with Crippen molar-refractivity contribution in [2.75, 3.05) is 6.61 Å². The zero-order chi connectivity index (χ0) is 13.0. The van der Waals surface area contributed by atoms with Crippen molar-refractivity contribution in [3.8, 4) is 0 Å². The molecule has 4 nitrogen and oxygen atoms in total. The maximum atomic E-state index is 11.6. The fourth-order valence-electron chi connectivity index (χ4n) is 1.93. The molecular formula is C13H22O4. The Kier molecular flexibility index (Phi) is 4.97. The molecule has 1 aliphatic heterocycles. The Bertz CT molecular complexity index is 285. The lowest BCUT2D eigenvalue weighted by Gasteiger charge is -2.30. The number of hydrogen-bond acceptors (Lipinski definition) is 4. The van der Waals surface area contributed by atoms with Crippen LogP contribution >= 0.6 is 0 Å². The Balaban J connectivity index is 2.53. The number of hydrogen-bond donors (Lipinski definition) is 0. The summed E-state index contributed by atoms with van der Waals surface area (Å²) in [6.45, 7) is 7.90. The summed E-state index contributed by atoms with van der Waals surface area (Å²) in [7, 11) is 0. The van der Waals surface area contributed by atoms with Crippen molar-refractivity contribution >= 4 is 11.9 Å². The maximum absolute atomic E-state index is 11.6. The van der Waals surface area contributed by atoms with Gasteiger partial charge in [0.1, 0.15) is 6.10 Å². The summed E-state index contributed by atoms with van der Waals surface area (Å²) in [5.41, 5.74) is 0. The summed E-state index contributed by atoms with van der Waals surface area (Å²) in [5.74, 6) is -0.642. The molecule has 1 saturated heterocycles. The first kappa shape index (κ1) is 14.0. The molecule has 4 heteroatoms. The third-order valence-corrected chi connectivity index (χ3v) is 3.36. The van der Waals surface area contributed by atoms with Gasteiger partial charge in [0.05, 0.1) is 18.4 Å². The fourth-order valence-corrected chi connectivity index (χ4v) is 1.93. The van der Waals surface area contributed by atoms with E-state index in [0.29, 0.717) is 6.61 Å². The highest BCUT2D eigenvalue weighted by Crippen LogP contribution is 2.27. The minimum absolute atomic E-state index is 0.00509. The molecule has 1 rings (SSSR count). The van der Waals surface area contributed by atoms with E-state index in [1.807, 2.05) is 13.8 Å². The van der Waals surface area contributed by atoms with Gasteiger partial charge in [-0.25, -0.2) is 0 Å². The molecule has 0 saturated carbocycles. The average Bonchev–Trinajstić information content (AvgIpc) is 2.28. The summed E-state index contributed by atoms with van der Waals surface area (Å²) in [5, 5.41) is 0. The third-order valence-electron chi connectivity index (χ3n) is 3.36. The lowest BCUT2D eigenvalue weighted by atomic mass is 9.85. The van der Waals surface area contributed by atoms with Crippen LogP contribution in [0.25, 0.3) is 0 Å². The van der Waals surface area contributed by atoms with Gasteiger partial charge in [0, 0.05) is 5.92 Å². The van der Waals surface area contributed by atoms with E-state index in [-0.39, 0.29) is 35.8 Å². The Morgan fingerprint density at radius 3 is 2.53 bits per heavy atom. The van der Waals surface area contributed by atoms with Crippen LogP contribution in [0.15, 0.2) is 0 Å². The van der Waals surface area contributed by atoms with Gasteiger partial charge >= 0.3 is 11.9 Å². The zero-order valence-electron chi connectivity index (χ0n) is 11.1. The van der Waals surface area contributed by atoms with Crippen molar-refractivity contribution < 1.29 is 19.1 Å². The second-order valence-corrected chi connectivity index (χ2v) is 5.07. The van der Waals surface area contributed by atoms with E-state index >= 15 is 0 Å². The minimum atomic E-state index is -0.249.